The first kappa shape index (κ1) is 14.1. The Labute approximate surface area is 115 Å². The molecule has 19 heavy (non-hydrogen) atoms. The average Bonchev–Trinajstić information content (AvgIpc) is 2.58. The van der Waals surface area contributed by atoms with Crippen molar-refractivity contribution in [3.63, 3.8) is 0 Å². The Morgan fingerprint density at radius 2 is 1.89 bits per heavy atom. The summed E-state index contributed by atoms with van der Waals surface area (Å²) in [5, 5.41) is 3.11. The van der Waals surface area contributed by atoms with E-state index in [1.807, 2.05) is 25.1 Å². The van der Waals surface area contributed by atoms with Crippen LogP contribution in [0.25, 0.3) is 0 Å². The molecule has 1 fully saturated rings. The molecular formula is C16H24N2O. The molecule has 2 unspecified atom stereocenters. The van der Waals surface area contributed by atoms with Gasteiger partial charge in [-0.3, -0.25) is 4.79 Å². The smallest absolute Gasteiger partial charge is 0.251 e. The number of rotatable bonds is 2. The number of benzene rings is 1. The molecule has 0 spiro atoms. The molecule has 2 atom stereocenters. The molecule has 1 saturated carbocycles. The molecule has 1 aliphatic rings. The molecule has 1 aromatic rings. The van der Waals surface area contributed by atoms with E-state index in [0.717, 1.165) is 30.4 Å². The Balaban J connectivity index is 2.05. The second-order valence-electron chi connectivity index (χ2n) is 5.68. The van der Waals surface area contributed by atoms with Gasteiger partial charge in [0.25, 0.3) is 5.91 Å². The average molecular weight is 260 g/mol. The van der Waals surface area contributed by atoms with Gasteiger partial charge in [-0.2, -0.15) is 0 Å². The van der Waals surface area contributed by atoms with Crippen LogP contribution in [0.1, 0.15) is 53.6 Å². The minimum atomic E-state index is 0.00505. The summed E-state index contributed by atoms with van der Waals surface area (Å²) in [6, 6.07) is 6.05. The third kappa shape index (κ3) is 3.57. The van der Waals surface area contributed by atoms with Gasteiger partial charge in [0.2, 0.25) is 0 Å². The predicted octanol–water partition coefficient (Wildman–Crippen LogP) is 2.69. The molecule has 0 bridgehead atoms. The van der Waals surface area contributed by atoms with Gasteiger partial charge in [-0.25, -0.2) is 0 Å². The molecular weight excluding hydrogens is 236 g/mol. The van der Waals surface area contributed by atoms with Gasteiger partial charge in [-0.1, -0.05) is 25.3 Å². The SMILES string of the molecule is Cc1ccc(C(=O)NC2CCCCCC2N)cc1C. The lowest BCUT2D eigenvalue weighted by Crippen LogP contribution is -2.46. The van der Waals surface area contributed by atoms with E-state index in [1.165, 1.54) is 18.4 Å². The lowest BCUT2D eigenvalue weighted by Gasteiger charge is -2.22. The molecule has 0 aliphatic heterocycles. The Morgan fingerprint density at radius 3 is 2.63 bits per heavy atom. The molecule has 2 rings (SSSR count). The Hall–Kier alpha value is -1.35. The fourth-order valence-electron chi connectivity index (χ4n) is 2.65. The van der Waals surface area contributed by atoms with Crippen molar-refractivity contribution in [3.05, 3.63) is 34.9 Å². The van der Waals surface area contributed by atoms with Crippen molar-refractivity contribution in [1.82, 2.24) is 5.32 Å². The summed E-state index contributed by atoms with van der Waals surface area (Å²) in [5.41, 5.74) is 9.24. The molecule has 3 heteroatoms. The van der Waals surface area contributed by atoms with Crippen LogP contribution in [0.4, 0.5) is 0 Å². The van der Waals surface area contributed by atoms with E-state index in [0.29, 0.717) is 0 Å². The molecule has 1 amide bonds. The van der Waals surface area contributed by atoms with E-state index in [2.05, 4.69) is 12.2 Å². The van der Waals surface area contributed by atoms with Gasteiger partial charge in [0.05, 0.1) is 0 Å². The molecule has 0 heterocycles. The predicted molar refractivity (Wildman–Crippen MR) is 78.2 cm³/mol. The van der Waals surface area contributed by atoms with Crippen LogP contribution in [0, 0.1) is 13.8 Å². The highest BCUT2D eigenvalue weighted by Crippen LogP contribution is 2.17. The second-order valence-corrected chi connectivity index (χ2v) is 5.68. The van der Waals surface area contributed by atoms with Gasteiger partial charge in [0.1, 0.15) is 0 Å². The van der Waals surface area contributed by atoms with E-state index in [1.54, 1.807) is 0 Å². The van der Waals surface area contributed by atoms with Crippen LogP contribution < -0.4 is 11.1 Å². The van der Waals surface area contributed by atoms with Crippen molar-refractivity contribution >= 4 is 5.91 Å². The molecule has 0 aromatic heterocycles. The first-order valence-electron chi connectivity index (χ1n) is 7.21. The lowest BCUT2D eigenvalue weighted by atomic mass is 10.0. The van der Waals surface area contributed by atoms with Crippen LogP contribution in [0.2, 0.25) is 0 Å². The fraction of sp³-hybridized carbons (Fsp3) is 0.562. The summed E-state index contributed by atoms with van der Waals surface area (Å²) in [6.45, 7) is 4.09. The van der Waals surface area contributed by atoms with Gasteiger partial charge in [-0.15, -0.1) is 0 Å². The normalized spacial score (nSPS) is 23.7. The number of amides is 1. The number of hydrogen-bond donors (Lipinski definition) is 2. The quantitative estimate of drug-likeness (QED) is 0.803. The largest absolute Gasteiger partial charge is 0.348 e. The summed E-state index contributed by atoms with van der Waals surface area (Å²) >= 11 is 0. The third-order valence-corrected chi connectivity index (χ3v) is 4.15. The monoisotopic (exact) mass is 260 g/mol. The fourth-order valence-corrected chi connectivity index (χ4v) is 2.65. The molecule has 0 radical (unpaired) electrons. The summed E-state index contributed by atoms with van der Waals surface area (Å²) < 4.78 is 0. The standard InChI is InChI=1S/C16H24N2O/c1-11-8-9-13(10-12(11)2)16(19)18-15-7-5-3-4-6-14(15)17/h8-10,14-15H,3-7,17H2,1-2H3,(H,18,19). The van der Waals surface area contributed by atoms with Gasteiger partial charge in [-0.05, 0) is 49.9 Å². The van der Waals surface area contributed by atoms with Crippen LogP contribution in [-0.2, 0) is 0 Å². The zero-order valence-electron chi connectivity index (χ0n) is 11.9. The topological polar surface area (TPSA) is 55.1 Å². The van der Waals surface area contributed by atoms with Crippen LogP contribution in [0.15, 0.2) is 18.2 Å². The highest BCUT2D eigenvalue weighted by molar-refractivity contribution is 5.94. The van der Waals surface area contributed by atoms with E-state index < -0.39 is 0 Å². The lowest BCUT2D eigenvalue weighted by molar-refractivity contribution is 0.0928. The third-order valence-electron chi connectivity index (χ3n) is 4.15. The highest BCUT2D eigenvalue weighted by atomic mass is 16.1. The van der Waals surface area contributed by atoms with E-state index >= 15 is 0 Å². The zero-order chi connectivity index (χ0) is 13.8. The number of carbonyl (C=O) groups is 1. The summed E-state index contributed by atoms with van der Waals surface area (Å²) in [4.78, 5) is 12.3. The van der Waals surface area contributed by atoms with Crippen LogP contribution >= 0.6 is 0 Å². The summed E-state index contributed by atoms with van der Waals surface area (Å²) in [5.74, 6) is 0.00505. The van der Waals surface area contributed by atoms with Crippen molar-refractivity contribution in [2.24, 2.45) is 5.73 Å². The maximum atomic E-state index is 12.3. The van der Waals surface area contributed by atoms with Crippen molar-refractivity contribution in [1.29, 1.82) is 0 Å². The Kier molecular flexibility index (Phi) is 4.59. The van der Waals surface area contributed by atoms with Crippen LogP contribution in [0.3, 0.4) is 0 Å². The molecule has 3 nitrogen and oxygen atoms in total. The van der Waals surface area contributed by atoms with Gasteiger partial charge in [0, 0.05) is 17.6 Å². The second kappa shape index (κ2) is 6.20. The number of carbonyl (C=O) groups excluding carboxylic acids is 1. The number of aryl methyl sites for hydroxylation is 2. The van der Waals surface area contributed by atoms with Crippen molar-refractivity contribution in [2.75, 3.05) is 0 Å². The first-order valence-corrected chi connectivity index (χ1v) is 7.21. The van der Waals surface area contributed by atoms with Crippen LogP contribution in [0.5, 0.6) is 0 Å². The van der Waals surface area contributed by atoms with E-state index in [9.17, 15) is 4.79 Å². The van der Waals surface area contributed by atoms with E-state index in [-0.39, 0.29) is 18.0 Å². The van der Waals surface area contributed by atoms with Gasteiger partial charge < -0.3 is 11.1 Å². The maximum absolute atomic E-state index is 12.3. The maximum Gasteiger partial charge on any atom is 0.251 e. The van der Waals surface area contributed by atoms with Crippen molar-refractivity contribution < 1.29 is 4.79 Å². The minimum absolute atomic E-state index is 0.00505. The van der Waals surface area contributed by atoms with Gasteiger partial charge >= 0.3 is 0 Å². The molecule has 0 saturated heterocycles. The number of hydrogen-bond acceptors (Lipinski definition) is 2. The van der Waals surface area contributed by atoms with Crippen LogP contribution in [-0.4, -0.2) is 18.0 Å². The van der Waals surface area contributed by atoms with Gasteiger partial charge in [0.15, 0.2) is 0 Å². The number of nitrogens with two attached hydrogens (primary N) is 1. The zero-order valence-corrected chi connectivity index (χ0v) is 11.9. The van der Waals surface area contributed by atoms with E-state index in [4.69, 9.17) is 5.73 Å². The number of nitrogens with one attached hydrogen (secondary N) is 1. The minimum Gasteiger partial charge on any atom is -0.348 e. The highest BCUT2D eigenvalue weighted by Gasteiger charge is 2.22. The molecule has 104 valence electrons. The molecule has 1 aromatic carbocycles. The van der Waals surface area contributed by atoms with Crippen molar-refractivity contribution in [3.8, 4) is 0 Å². The molecule has 3 N–H and O–H groups in total. The van der Waals surface area contributed by atoms with Crippen molar-refractivity contribution in [2.45, 2.75) is 58.0 Å². The summed E-state index contributed by atoms with van der Waals surface area (Å²) in [6.07, 6.45) is 5.57. The Morgan fingerprint density at radius 1 is 1.16 bits per heavy atom. The first-order chi connectivity index (χ1) is 9.08. The summed E-state index contributed by atoms with van der Waals surface area (Å²) in [7, 11) is 0. The molecule has 1 aliphatic carbocycles. The Bertz CT molecular complexity index is 456.